The lowest BCUT2D eigenvalue weighted by Crippen LogP contribution is -2.38. The van der Waals surface area contributed by atoms with Crippen LogP contribution in [0.3, 0.4) is 0 Å². The molecule has 2 aliphatic heterocycles. The third kappa shape index (κ3) is 3.17. The van der Waals surface area contributed by atoms with Crippen molar-refractivity contribution >= 4 is 17.4 Å². The Morgan fingerprint density at radius 2 is 1.89 bits per heavy atom. The predicted molar refractivity (Wildman–Crippen MR) is 111 cm³/mol. The summed E-state index contributed by atoms with van der Waals surface area (Å²) >= 11 is 0. The minimum atomic E-state index is 0.294. The molecule has 0 N–H and O–H groups in total. The number of benzene rings is 1. The van der Waals surface area contributed by atoms with Crippen LogP contribution in [0, 0.1) is 12.8 Å². The van der Waals surface area contributed by atoms with Gasteiger partial charge in [0.2, 0.25) is 5.91 Å². The van der Waals surface area contributed by atoms with Crippen molar-refractivity contribution < 1.29 is 4.79 Å². The van der Waals surface area contributed by atoms with Crippen molar-refractivity contribution in [3.8, 4) is 0 Å². The number of rotatable bonds is 3. The summed E-state index contributed by atoms with van der Waals surface area (Å²) in [5, 5.41) is 0. The van der Waals surface area contributed by atoms with Crippen molar-refractivity contribution in [2.75, 3.05) is 29.4 Å². The smallest absolute Gasteiger partial charge is 0.227 e. The number of hydrogen-bond acceptors (Lipinski definition) is 4. The van der Waals surface area contributed by atoms with E-state index in [4.69, 9.17) is 4.98 Å². The number of carbonyl (C=O) groups excluding carboxylic acids is 1. The van der Waals surface area contributed by atoms with Crippen molar-refractivity contribution in [1.82, 2.24) is 9.97 Å². The predicted octanol–water partition coefficient (Wildman–Crippen LogP) is 3.47. The van der Waals surface area contributed by atoms with Gasteiger partial charge in [-0.25, -0.2) is 9.97 Å². The van der Waals surface area contributed by atoms with Gasteiger partial charge in [-0.1, -0.05) is 18.2 Å². The third-order valence-electron chi connectivity index (χ3n) is 6.59. The molecular weight excluding hydrogens is 348 g/mol. The molecule has 1 fully saturated rings. The zero-order chi connectivity index (χ0) is 19.1. The molecule has 0 saturated carbocycles. The van der Waals surface area contributed by atoms with E-state index in [1.807, 2.05) is 17.9 Å². The molecule has 1 aromatic heterocycles. The Balaban J connectivity index is 1.22. The molecule has 3 heterocycles. The summed E-state index contributed by atoms with van der Waals surface area (Å²) in [5.41, 5.74) is 5.05. The first-order valence-electron chi connectivity index (χ1n) is 10.7. The first kappa shape index (κ1) is 17.7. The molecule has 1 aliphatic carbocycles. The Bertz CT molecular complexity index is 901. The van der Waals surface area contributed by atoms with Crippen molar-refractivity contribution in [3.05, 3.63) is 46.9 Å². The fourth-order valence-electron chi connectivity index (χ4n) is 5.10. The van der Waals surface area contributed by atoms with E-state index in [-0.39, 0.29) is 0 Å². The van der Waals surface area contributed by atoms with Crippen LogP contribution in [0.25, 0.3) is 0 Å². The van der Waals surface area contributed by atoms with Gasteiger partial charge in [0.15, 0.2) is 0 Å². The summed E-state index contributed by atoms with van der Waals surface area (Å²) < 4.78 is 0. The molecule has 0 radical (unpaired) electrons. The Kier molecular flexibility index (Phi) is 4.53. The molecule has 2 aromatic rings. The minimum absolute atomic E-state index is 0.294. The molecule has 1 saturated heterocycles. The first-order chi connectivity index (χ1) is 13.7. The molecule has 3 aliphatic rings. The van der Waals surface area contributed by atoms with Crippen molar-refractivity contribution in [1.29, 1.82) is 0 Å². The Hall–Kier alpha value is -2.43. The van der Waals surface area contributed by atoms with Gasteiger partial charge in [0, 0.05) is 43.0 Å². The van der Waals surface area contributed by atoms with Gasteiger partial charge in [0.1, 0.15) is 11.6 Å². The largest absolute Gasteiger partial charge is 0.356 e. The van der Waals surface area contributed by atoms with Crippen molar-refractivity contribution in [3.63, 3.8) is 0 Å². The summed E-state index contributed by atoms with van der Waals surface area (Å²) in [5.74, 6) is 2.83. The summed E-state index contributed by atoms with van der Waals surface area (Å²) in [4.78, 5) is 26.8. The van der Waals surface area contributed by atoms with E-state index in [2.05, 4.69) is 28.1 Å². The van der Waals surface area contributed by atoms with E-state index in [0.29, 0.717) is 18.2 Å². The summed E-state index contributed by atoms with van der Waals surface area (Å²) in [7, 11) is 0. The average Bonchev–Trinajstić information content (AvgIpc) is 3.34. The van der Waals surface area contributed by atoms with E-state index >= 15 is 0 Å². The molecule has 5 heteroatoms. The van der Waals surface area contributed by atoms with Crippen LogP contribution in [-0.4, -0.2) is 35.5 Å². The number of aryl methyl sites for hydroxylation is 2. The van der Waals surface area contributed by atoms with Crippen LogP contribution in [0.5, 0.6) is 0 Å². The van der Waals surface area contributed by atoms with Gasteiger partial charge in [-0.15, -0.1) is 0 Å². The van der Waals surface area contributed by atoms with Gasteiger partial charge in [-0.05, 0) is 63.0 Å². The second-order valence-corrected chi connectivity index (χ2v) is 8.43. The van der Waals surface area contributed by atoms with E-state index in [1.165, 1.54) is 29.1 Å². The maximum Gasteiger partial charge on any atom is 0.227 e. The summed E-state index contributed by atoms with van der Waals surface area (Å²) in [6.45, 7) is 4.83. The molecular formula is C23H28N4O. The fourth-order valence-corrected chi connectivity index (χ4v) is 5.10. The number of hydrogen-bond donors (Lipinski definition) is 0. The van der Waals surface area contributed by atoms with Crippen LogP contribution in [0.1, 0.15) is 48.3 Å². The number of nitrogens with zero attached hydrogens (tertiary/aromatic N) is 4. The molecule has 0 unspecified atom stereocenters. The van der Waals surface area contributed by atoms with Crippen LogP contribution in [0.2, 0.25) is 0 Å². The van der Waals surface area contributed by atoms with Crippen LogP contribution in [-0.2, 0) is 24.1 Å². The van der Waals surface area contributed by atoms with Gasteiger partial charge >= 0.3 is 0 Å². The van der Waals surface area contributed by atoms with E-state index in [1.54, 1.807) is 0 Å². The monoisotopic (exact) mass is 376 g/mol. The lowest BCUT2D eigenvalue weighted by molar-refractivity contribution is -0.119. The fraction of sp³-hybridized carbons (Fsp3) is 0.522. The van der Waals surface area contributed by atoms with E-state index < -0.39 is 0 Å². The number of fused-ring (bicyclic) bond motifs is 2. The lowest BCUT2D eigenvalue weighted by Gasteiger charge is -2.34. The van der Waals surface area contributed by atoms with Gasteiger partial charge in [-0.2, -0.15) is 0 Å². The number of carbonyl (C=O) groups is 1. The quantitative estimate of drug-likeness (QED) is 0.823. The highest BCUT2D eigenvalue weighted by Gasteiger charge is 2.30. The number of aromatic nitrogens is 2. The molecule has 5 nitrogen and oxygen atoms in total. The maximum atomic E-state index is 12.9. The molecule has 146 valence electrons. The molecule has 0 spiro atoms. The number of amides is 1. The standard InChI is InChI=1S/C23H28N4O/c1-16-24-20-7-4-6-19(20)23(25-16)26-12-9-17(10-13-26)15-22(28)27-14-11-18-5-2-3-8-21(18)27/h2-3,5,8,17H,4,6-7,9-15H2,1H3. The Morgan fingerprint density at radius 3 is 2.75 bits per heavy atom. The highest BCUT2D eigenvalue weighted by molar-refractivity contribution is 5.95. The second kappa shape index (κ2) is 7.19. The van der Waals surface area contributed by atoms with Gasteiger partial charge in [-0.3, -0.25) is 4.79 Å². The van der Waals surface area contributed by atoms with Gasteiger partial charge < -0.3 is 9.80 Å². The summed E-state index contributed by atoms with van der Waals surface area (Å²) in [6.07, 6.45) is 7.19. The maximum absolute atomic E-state index is 12.9. The number of para-hydroxylation sites is 1. The van der Waals surface area contributed by atoms with Crippen LogP contribution in [0.15, 0.2) is 24.3 Å². The molecule has 0 atom stereocenters. The van der Waals surface area contributed by atoms with Crippen LogP contribution in [0.4, 0.5) is 11.5 Å². The topological polar surface area (TPSA) is 49.3 Å². The van der Waals surface area contributed by atoms with E-state index in [9.17, 15) is 4.79 Å². The van der Waals surface area contributed by atoms with Gasteiger partial charge in [0.25, 0.3) is 0 Å². The molecule has 28 heavy (non-hydrogen) atoms. The minimum Gasteiger partial charge on any atom is -0.356 e. The zero-order valence-electron chi connectivity index (χ0n) is 16.7. The normalized spacial score (nSPS) is 19.0. The lowest BCUT2D eigenvalue weighted by atomic mass is 9.92. The Morgan fingerprint density at radius 1 is 1.07 bits per heavy atom. The van der Waals surface area contributed by atoms with Crippen LogP contribution < -0.4 is 9.80 Å². The van der Waals surface area contributed by atoms with Crippen LogP contribution >= 0.6 is 0 Å². The highest BCUT2D eigenvalue weighted by atomic mass is 16.2. The first-order valence-corrected chi connectivity index (χ1v) is 10.7. The number of anilines is 2. The molecule has 0 bridgehead atoms. The van der Waals surface area contributed by atoms with Crippen molar-refractivity contribution in [2.45, 2.75) is 51.9 Å². The SMILES string of the molecule is Cc1nc2c(c(N3CCC(CC(=O)N4CCc5ccccc54)CC3)n1)CCC2. The number of piperidine rings is 1. The van der Waals surface area contributed by atoms with E-state index in [0.717, 1.165) is 63.3 Å². The zero-order valence-corrected chi connectivity index (χ0v) is 16.7. The average molecular weight is 377 g/mol. The molecule has 1 amide bonds. The highest BCUT2D eigenvalue weighted by Crippen LogP contribution is 2.33. The molecule has 1 aromatic carbocycles. The Labute approximate surface area is 166 Å². The van der Waals surface area contributed by atoms with Gasteiger partial charge in [0.05, 0.1) is 0 Å². The molecule has 5 rings (SSSR count). The third-order valence-corrected chi connectivity index (χ3v) is 6.59. The second-order valence-electron chi connectivity index (χ2n) is 8.43. The van der Waals surface area contributed by atoms with Crippen molar-refractivity contribution in [2.24, 2.45) is 5.92 Å². The summed E-state index contributed by atoms with van der Waals surface area (Å²) in [6, 6.07) is 8.32.